The van der Waals surface area contributed by atoms with E-state index in [1.54, 1.807) is 48.5 Å². The van der Waals surface area contributed by atoms with Crippen LogP contribution in [0.5, 0.6) is 11.5 Å². The van der Waals surface area contributed by atoms with Crippen LogP contribution in [-0.2, 0) is 16.1 Å². The fraction of sp³-hybridized carbons (Fsp3) is 0.0667. The number of carbonyl (C=O) groups excluding carboxylic acids is 2. The number of nitrogens with one attached hydrogen (secondary N) is 1. The van der Waals surface area contributed by atoms with Crippen LogP contribution in [0, 0.1) is 5.82 Å². The minimum absolute atomic E-state index is 0.138. The molecule has 1 saturated heterocycles. The molecule has 1 fully saturated rings. The van der Waals surface area contributed by atoms with Gasteiger partial charge in [-0.2, -0.15) is 5.10 Å². The van der Waals surface area contributed by atoms with Crippen LogP contribution < -0.4 is 10.1 Å². The number of benzene rings is 3. The smallest absolute Gasteiger partial charge is 0.267 e. The van der Waals surface area contributed by atoms with E-state index < -0.39 is 11.7 Å². The van der Waals surface area contributed by atoms with Crippen LogP contribution in [0.2, 0.25) is 0 Å². The molecule has 9 nitrogen and oxygen atoms in total. The van der Waals surface area contributed by atoms with E-state index in [0.717, 1.165) is 21.8 Å². The maximum absolute atomic E-state index is 13.5. The maximum Gasteiger partial charge on any atom is 0.267 e. The lowest BCUT2D eigenvalue weighted by molar-refractivity contribution is -0.122. The molecule has 0 unspecified atom stereocenters. The van der Waals surface area contributed by atoms with Crippen molar-refractivity contribution in [3.63, 3.8) is 0 Å². The molecule has 0 bridgehead atoms. The fourth-order valence-electron chi connectivity index (χ4n) is 3.76. The number of rotatable bonds is 9. The van der Waals surface area contributed by atoms with Crippen LogP contribution in [0.15, 0.2) is 109 Å². The molecule has 4 aromatic rings. The molecular formula is C30H22BrFN4O5S. The number of hydrogen-bond acceptors (Lipinski definition) is 8. The molecule has 0 spiro atoms. The second-order valence-electron chi connectivity index (χ2n) is 8.83. The van der Waals surface area contributed by atoms with Gasteiger partial charge in [0.15, 0.2) is 11.8 Å². The highest BCUT2D eigenvalue weighted by Gasteiger charge is 2.34. The summed E-state index contributed by atoms with van der Waals surface area (Å²) in [6, 6.07) is 20.5. The topological polar surface area (TPSA) is 117 Å². The zero-order valence-electron chi connectivity index (χ0n) is 21.7. The van der Waals surface area contributed by atoms with Crippen LogP contribution >= 0.6 is 27.7 Å². The minimum atomic E-state index is -0.431. The monoisotopic (exact) mass is 648 g/mol. The van der Waals surface area contributed by atoms with Gasteiger partial charge in [-0.3, -0.25) is 14.5 Å². The van der Waals surface area contributed by atoms with Gasteiger partial charge in [-0.25, -0.2) is 4.39 Å². The van der Waals surface area contributed by atoms with Crippen molar-refractivity contribution in [3.05, 3.63) is 117 Å². The van der Waals surface area contributed by atoms with Gasteiger partial charge >= 0.3 is 0 Å². The molecule has 212 valence electrons. The van der Waals surface area contributed by atoms with Gasteiger partial charge in [-0.05, 0) is 102 Å². The number of thioether (sulfide) groups is 1. The predicted octanol–water partition coefficient (Wildman–Crippen LogP) is 6.41. The van der Waals surface area contributed by atoms with Gasteiger partial charge in [0.2, 0.25) is 0 Å². The lowest BCUT2D eigenvalue weighted by atomic mass is 10.2. The first-order valence-electron chi connectivity index (χ1n) is 12.5. The van der Waals surface area contributed by atoms with Crippen molar-refractivity contribution in [3.8, 4) is 11.5 Å². The molecule has 1 aliphatic rings. The Balaban J connectivity index is 1.36. The van der Waals surface area contributed by atoms with Gasteiger partial charge in [-0.15, -0.1) is 5.10 Å². The van der Waals surface area contributed by atoms with Gasteiger partial charge in [0.05, 0.1) is 23.9 Å². The van der Waals surface area contributed by atoms with E-state index in [-0.39, 0.29) is 24.8 Å². The number of halogens is 2. The van der Waals surface area contributed by atoms with E-state index >= 15 is 0 Å². The van der Waals surface area contributed by atoms with Crippen molar-refractivity contribution in [2.24, 2.45) is 10.2 Å². The number of phenols is 1. The Hall–Kier alpha value is -4.68. The molecular weight excluding hydrogens is 627 g/mol. The third kappa shape index (κ3) is 7.53. The Kier molecular flexibility index (Phi) is 9.15. The lowest BCUT2D eigenvalue weighted by Gasteiger charge is -2.13. The summed E-state index contributed by atoms with van der Waals surface area (Å²) in [5.41, 5.74) is 1.72. The third-order valence-corrected chi connectivity index (χ3v) is 7.26. The van der Waals surface area contributed by atoms with E-state index in [2.05, 4.69) is 31.4 Å². The van der Waals surface area contributed by atoms with Crippen molar-refractivity contribution in [1.82, 2.24) is 4.90 Å². The van der Waals surface area contributed by atoms with Gasteiger partial charge in [0.1, 0.15) is 23.1 Å². The van der Waals surface area contributed by atoms with Gasteiger partial charge in [0.25, 0.3) is 11.8 Å². The second kappa shape index (κ2) is 13.3. The first-order chi connectivity index (χ1) is 20.3. The summed E-state index contributed by atoms with van der Waals surface area (Å²) < 4.78 is 25.1. The highest BCUT2D eigenvalue weighted by Crippen LogP contribution is 2.36. The first kappa shape index (κ1) is 28.8. The van der Waals surface area contributed by atoms with Crippen LogP contribution in [0.4, 0.5) is 10.1 Å². The summed E-state index contributed by atoms with van der Waals surface area (Å²) in [6.45, 7) is -0.158. The molecule has 1 aromatic heterocycles. The van der Waals surface area contributed by atoms with Crippen LogP contribution in [-0.4, -0.2) is 39.8 Å². The molecule has 2 amide bonds. The first-order valence-corrected chi connectivity index (χ1v) is 14.1. The van der Waals surface area contributed by atoms with E-state index in [1.165, 1.54) is 53.8 Å². The van der Waals surface area contributed by atoms with E-state index in [1.807, 2.05) is 0 Å². The highest BCUT2D eigenvalue weighted by molar-refractivity contribution is 9.10. The number of ether oxygens (including phenoxy) is 1. The molecule has 2 heterocycles. The average Bonchev–Trinajstić information content (AvgIpc) is 3.59. The zero-order valence-corrected chi connectivity index (χ0v) is 24.1. The number of amidine groups is 1. The number of amides is 2. The minimum Gasteiger partial charge on any atom is -0.508 e. The summed E-state index contributed by atoms with van der Waals surface area (Å²) in [7, 11) is 0. The quantitative estimate of drug-likeness (QED) is 0.123. The van der Waals surface area contributed by atoms with E-state index in [0.29, 0.717) is 32.8 Å². The molecule has 3 aromatic carbocycles. The molecule has 0 atom stereocenters. The molecule has 5 rings (SSSR count). The second-order valence-corrected chi connectivity index (χ2v) is 10.8. The van der Waals surface area contributed by atoms with Crippen LogP contribution in [0.3, 0.4) is 0 Å². The molecule has 0 aliphatic carbocycles. The summed E-state index contributed by atoms with van der Waals surface area (Å²) in [5.74, 6) is -0.0638. The standard InChI is InChI=1S/C30H22BrFN4O5S/c31-21-5-12-26(41-18-28(38)34-23-8-6-22(32)7-9-23)20(14-21)15-27-29(39)36(17-25-2-1-13-40-25)30(42-27)35-33-16-19-3-10-24(37)11-4-19/h1-16,37H,17-18H2,(H,34,38)/b27-15-,33-16+,35-30-. The lowest BCUT2D eigenvalue weighted by Crippen LogP contribution is -2.28. The molecule has 1 aliphatic heterocycles. The van der Waals surface area contributed by atoms with Crippen molar-refractivity contribution in [2.45, 2.75) is 6.54 Å². The number of phenolic OH excluding ortho intramolecular Hbond substituents is 1. The van der Waals surface area contributed by atoms with Gasteiger partial charge in [-0.1, -0.05) is 15.9 Å². The van der Waals surface area contributed by atoms with E-state index in [4.69, 9.17) is 9.15 Å². The highest BCUT2D eigenvalue weighted by atomic mass is 79.9. The summed E-state index contributed by atoms with van der Waals surface area (Å²) in [5, 5.41) is 20.9. The molecule has 42 heavy (non-hydrogen) atoms. The van der Waals surface area contributed by atoms with Crippen molar-refractivity contribution < 1.29 is 28.2 Å². The van der Waals surface area contributed by atoms with Gasteiger partial charge in [0, 0.05) is 15.7 Å². The van der Waals surface area contributed by atoms with Crippen LogP contribution in [0.25, 0.3) is 6.08 Å². The zero-order chi connectivity index (χ0) is 29.5. The number of furan rings is 1. The largest absolute Gasteiger partial charge is 0.508 e. The van der Waals surface area contributed by atoms with Gasteiger partial charge < -0.3 is 19.6 Å². The Morgan fingerprint density at radius 2 is 1.90 bits per heavy atom. The SMILES string of the molecule is O=C(COc1ccc(Br)cc1/C=C1\S/C(=N\N=C\c2ccc(O)cc2)N(Cc2ccco2)C1=O)Nc1ccc(F)cc1. The summed E-state index contributed by atoms with van der Waals surface area (Å²) >= 11 is 4.58. The Morgan fingerprint density at radius 1 is 1.12 bits per heavy atom. The van der Waals surface area contributed by atoms with Crippen molar-refractivity contribution >= 4 is 62.7 Å². The Labute approximate surface area is 252 Å². The third-order valence-electron chi connectivity index (χ3n) is 5.77. The predicted molar refractivity (Wildman–Crippen MR) is 163 cm³/mol. The fourth-order valence-corrected chi connectivity index (χ4v) is 5.07. The van der Waals surface area contributed by atoms with Crippen molar-refractivity contribution in [2.75, 3.05) is 11.9 Å². The molecule has 0 saturated carbocycles. The maximum atomic E-state index is 13.5. The number of aromatic hydroxyl groups is 1. The number of carbonyl (C=O) groups is 2. The normalized spacial score (nSPS) is 15.2. The Morgan fingerprint density at radius 3 is 2.64 bits per heavy atom. The van der Waals surface area contributed by atoms with Crippen molar-refractivity contribution in [1.29, 1.82) is 0 Å². The molecule has 2 N–H and O–H groups in total. The van der Waals surface area contributed by atoms with E-state index in [9.17, 15) is 19.1 Å². The van der Waals surface area contributed by atoms with Crippen LogP contribution in [0.1, 0.15) is 16.9 Å². The number of anilines is 1. The number of hydrogen-bond donors (Lipinski definition) is 2. The summed E-state index contributed by atoms with van der Waals surface area (Å²) in [4.78, 5) is 27.7. The summed E-state index contributed by atoms with van der Waals surface area (Å²) in [6.07, 6.45) is 4.70. The molecule has 0 radical (unpaired) electrons. The number of nitrogens with zero attached hydrogens (tertiary/aromatic N) is 3. The Bertz CT molecular complexity index is 1670. The molecule has 12 heteroatoms. The average molecular weight is 649 g/mol.